The third-order valence-corrected chi connectivity index (χ3v) is 4.92. The summed E-state index contributed by atoms with van der Waals surface area (Å²) in [5.41, 5.74) is 7.58. The Morgan fingerprint density at radius 2 is 2.09 bits per heavy atom. The molecule has 2 heterocycles. The summed E-state index contributed by atoms with van der Waals surface area (Å²) in [7, 11) is 3.63. The van der Waals surface area contributed by atoms with Gasteiger partial charge >= 0.3 is 0 Å². The first-order valence-corrected chi connectivity index (χ1v) is 8.21. The lowest BCUT2D eigenvalue weighted by atomic mass is 9.88. The molecule has 1 amide bonds. The maximum absolute atomic E-state index is 13.0. The Morgan fingerprint density at radius 3 is 2.78 bits per heavy atom. The minimum absolute atomic E-state index is 0.000714. The van der Waals surface area contributed by atoms with Gasteiger partial charge in [-0.1, -0.05) is 12.1 Å². The van der Waals surface area contributed by atoms with Crippen molar-refractivity contribution in [1.29, 1.82) is 0 Å². The standard InChI is InChI=1S/C17H25FN4O/c1-21(2)17(23)15-9-19-20-16(15)13-7-8-22(11-13)10-12-3-5-14(18)6-4-12/h3-6,13,15-16,19-20H,7-11H2,1-2H3. The number of likely N-dealkylation sites (tertiary alicyclic amines) is 1. The van der Waals surface area contributed by atoms with Gasteiger partial charge in [0.05, 0.1) is 5.92 Å². The Balaban J connectivity index is 1.58. The SMILES string of the molecule is CN(C)C(=O)C1CNNC1C1CCN(Cc2ccc(F)cc2)C1. The van der Waals surface area contributed by atoms with Crippen LogP contribution < -0.4 is 10.9 Å². The van der Waals surface area contributed by atoms with E-state index < -0.39 is 0 Å². The van der Waals surface area contributed by atoms with E-state index in [1.54, 1.807) is 4.90 Å². The van der Waals surface area contributed by atoms with Crippen molar-refractivity contribution in [3.05, 3.63) is 35.6 Å². The molecule has 2 fully saturated rings. The molecular weight excluding hydrogens is 295 g/mol. The molecule has 3 rings (SSSR count). The van der Waals surface area contributed by atoms with Crippen LogP contribution in [0.15, 0.2) is 24.3 Å². The van der Waals surface area contributed by atoms with Gasteiger partial charge in [-0.25, -0.2) is 4.39 Å². The van der Waals surface area contributed by atoms with Crippen LogP contribution in [0.25, 0.3) is 0 Å². The second kappa shape index (κ2) is 6.95. The molecule has 1 aromatic rings. The van der Waals surface area contributed by atoms with Gasteiger partial charge in [-0.2, -0.15) is 0 Å². The smallest absolute Gasteiger partial charge is 0.228 e. The van der Waals surface area contributed by atoms with Gasteiger partial charge in [0.2, 0.25) is 5.91 Å². The number of nitrogens with zero attached hydrogens (tertiary/aromatic N) is 2. The zero-order valence-corrected chi connectivity index (χ0v) is 13.8. The lowest BCUT2D eigenvalue weighted by Gasteiger charge is -2.26. The van der Waals surface area contributed by atoms with E-state index in [2.05, 4.69) is 15.8 Å². The molecule has 23 heavy (non-hydrogen) atoms. The zero-order chi connectivity index (χ0) is 16.4. The molecule has 6 heteroatoms. The Bertz CT molecular complexity index is 548. The molecule has 0 radical (unpaired) electrons. The molecule has 3 unspecified atom stereocenters. The van der Waals surface area contributed by atoms with Crippen molar-refractivity contribution in [3.63, 3.8) is 0 Å². The van der Waals surface area contributed by atoms with Crippen LogP contribution in [-0.2, 0) is 11.3 Å². The number of carbonyl (C=O) groups is 1. The number of carbonyl (C=O) groups excluding carboxylic acids is 1. The van der Waals surface area contributed by atoms with Crippen molar-refractivity contribution in [2.45, 2.75) is 19.0 Å². The number of hydrogen-bond donors (Lipinski definition) is 2. The summed E-state index contributed by atoms with van der Waals surface area (Å²) in [6, 6.07) is 6.89. The van der Waals surface area contributed by atoms with E-state index >= 15 is 0 Å². The molecule has 0 aromatic heterocycles. The summed E-state index contributed by atoms with van der Waals surface area (Å²) in [6.45, 7) is 3.51. The van der Waals surface area contributed by atoms with Crippen LogP contribution in [0.1, 0.15) is 12.0 Å². The van der Waals surface area contributed by atoms with Crippen molar-refractivity contribution in [3.8, 4) is 0 Å². The lowest BCUT2D eigenvalue weighted by Crippen LogP contribution is -2.44. The van der Waals surface area contributed by atoms with E-state index in [0.717, 1.165) is 31.6 Å². The van der Waals surface area contributed by atoms with Crippen LogP contribution in [0, 0.1) is 17.7 Å². The molecule has 2 aliphatic rings. The van der Waals surface area contributed by atoms with E-state index in [1.165, 1.54) is 12.1 Å². The van der Waals surface area contributed by atoms with Crippen LogP contribution in [0.4, 0.5) is 4.39 Å². The van der Waals surface area contributed by atoms with Crippen molar-refractivity contribution >= 4 is 5.91 Å². The molecule has 2 N–H and O–H groups in total. The van der Waals surface area contributed by atoms with Crippen LogP contribution in [0.3, 0.4) is 0 Å². The van der Waals surface area contributed by atoms with Gasteiger partial charge < -0.3 is 4.90 Å². The van der Waals surface area contributed by atoms with E-state index in [1.807, 2.05) is 26.2 Å². The van der Waals surface area contributed by atoms with Crippen molar-refractivity contribution in [2.24, 2.45) is 11.8 Å². The lowest BCUT2D eigenvalue weighted by molar-refractivity contribution is -0.133. The number of hydrogen-bond acceptors (Lipinski definition) is 4. The molecule has 0 aliphatic carbocycles. The highest BCUT2D eigenvalue weighted by molar-refractivity contribution is 5.79. The topological polar surface area (TPSA) is 47.6 Å². The first kappa shape index (κ1) is 16.4. The van der Waals surface area contributed by atoms with Gasteiger partial charge in [-0.3, -0.25) is 20.5 Å². The summed E-state index contributed by atoms with van der Waals surface area (Å²) in [5, 5.41) is 0. The number of amides is 1. The summed E-state index contributed by atoms with van der Waals surface area (Å²) >= 11 is 0. The number of nitrogens with one attached hydrogen (secondary N) is 2. The first-order valence-electron chi connectivity index (χ1n) is 8.21. The largest absolute Gasteiger partial charge is 0.348 e. The van der Waals surface area contributed by atoms with Gasteiger partial charge in [0, 0.05) is 39.8 Å². The van der Waals surface area contributed by atoms with Gasteiger partial charge in [0.25, 0.3) is 0 Å². The summed E-state index contributed by atoms with van der Waals surface area (Å²) in [5.74, 6) is 0.448. The summed E-state index contributed by atoms with van der Waals surface area (Å²) < 4.78 is 13.0. The third kappa shape index (κ3) is 3.71. The zero-order valence-electron chi connectivity index (χ0n) is 13.8. The molecule has 3 atom stereocenters. The molecule has 126 valence electrons. The maximum Gasteiger partial charge on any atom is 0.228 e. The van der Waals surface area contributed by atoms with Gasteiger partial charge in [0.1, 0.15) is 5.82 Å². The van der Waals surface area contributed by atoms with Crippen molar-refractivity contribution in [1.82, 2.24) is 20.7 Å². The Kier molecular flexibility index (Phi) is 4.94. The predicted octanol–water partition coefficient (Wildman–Crippen LogP) is 0.828. The molecule has 5 nitrogen and oxygen atoms in total. The van der Waals surface area contributed by atoms with Gasteiger partial charge in [-0.05, 0) is 36.6 Å². The monoisotopic (exact) mass is 320 g/mol. The number of halogens is 1. The van der Waals surface area contributed by atoms with Gasteiger partial charge in [0.15, 0.2) is 0 Å². The second-order valence-electron chi connectivity index (χ2n) is 6.80. The summed E-state index contributed by atoms with van der Waals surface area (Å²) in [6.07, 6.45) is 1.08. The summed E-state index contributed by atoms with van der Waals surface area (Å²) in [4.78, 5) is 16.4. The Labute approximate surface area is 136 Å². The molecule has 0 spiro atoms. The fourth-order valence-corrected chi connectivity index (χ4v) is 3.68. The predicted molar refractivity (Wildman–Crippen MR) is 86.9 cm³/mol. The van der Waals surface area contributed by atoms with E-state index in [0.29, 0.717) is 12.5 Å². The fraction of sp³-hybridized carbons (Fsp3) is 0.588. The molecule has 2 aliphatic heterocycles. The number of hydrazine groups is 1. The highest BCUT2D eigenvalue weighted by Crippen LogP contribution is 2.27. The Hall–Kier alpha value is -1.50. The Morgan fingerprint density at radius 1 is 1.35 bits per heavy atom. The van der Waals surface area contributed by atoms with Gasteiger partial charge in [-0.15, -0.1) is 0 Å². The molecular formula is C17H25FN4O. The van der Waals surface area contributed by atoms with Crippen LogP contribution in [-0.4, -0.2) is 55.5 Å². The quantitative estimate of drug-likeness (QED) is 0.863. The second-order valence-corrected chi connectivity index (χ2v) is 6.80. The average Bonchev–Trinajstić information content (AvgIpc) is 3.17. The molecule has 2 saturated heterocycles. The molecule has 0 bridgehead atoms. The van der Waals surface area contributed by atoms with Crippen LogP contribution in [0.2, 0.25) is 0 Å². The minimum Gasteiger partial charge on any atom is -0.348 e. The highest BCUT2D eigenvalue weighted by Gasteiger charge is 2.41. The normalized spacial score (nSPS) is 28.2. The first-order chi connectivity index (χ1) is 11.0. The number of rotatable bonds is 4. The van der Waals surface area contributed by atoms with Crippen molar-refractivity contribution < 1.29 is 9.18 Å². The average molecular weight is 320 g/mol. The fourth-order valence-electron chi connectivity index (χ4n) is 3.68. The highest BCUT2D eigenvalue weighted by atomic mass is 19.1. The van der Waals surface area contributed by atoms with E-state index in [9.17, 15) is 9.18 Å². The van der Waals surface area contributed by atoms with E-state index in [-0.39, 0.29) is 23.7 Å². The maximum atomic E-state index is 13.0. The molecule has 1 aromatic carbocycles. The van der Waals surface area contributed by atoms with Crippen molar-refractivity contribution in [2.75, 3.05) is 33.7 Å². The van der Waals surface area contributed by atoms with Crippen LogP contribution >= 0.6 is 0 Å². The van der Waals surface area contributed by atoms with Crippen LogP contribution in [0.5, 0.6) is 0 Å². The number of benzene rings is 1. The molecule has 0 saturated carbocycles. The minimum atomic E-state index is -0.195. The van der Waals surface area contributed by atoms with E-state index in [4.69, 9.17) is 0 Å². The third-order valence-electron chi connectivity index (χ3n) is 4.92.